The fraction of sp³-hybridized carbons (Fsp3) is 0.571. The Kier molecular flexibility index (Phi) is 2.03. The van der Waals surface area contributed by atoms with Crippen molar-refractivity contribution in [1.29, 1.82) is 0 Å². The summed E-state index contributed by atoms with van der Waals surface area (Å²) in [6.07, 6.45) is 1.49. The largest absolute Gasteiger partial charge is 0.350 e. The van der Waals surface area contributed by atoms with Crippen LogP contribution in [0.4, 0.5) is 0 Å². The average Bonchev–Trinajstić information content (AvgIpc) is 1.94. The highest BCUT2D eigenvalue weighted by Crippen LogP contribution is 2.03. The van der Waals surface area contributed by atoms with Gasteiger partial charge in [0.15, 0.2) is 0 Å². The molecule has 11 heavy (non-hydrogen) atoms. The highest BCUT2D eigenvalue weighted by molar-refractivity contribution is 4.89. The number of hydrogen-bond acceptors (Lipinski definition) is 3. The predicted octanol–water partition coefficient (Wildman–Crippen LogP) is 0.299. The van der Waals surface area contributed by atoms with Crippen LogP contribution in [0.5, 0.6) is 0 Å². The Balaban J connectivity index is 3.16. The Labute approximate surface area is 64.9 Å². The minimum atomic E-state index is -0.247. The topological polar surface area (TPSA) is 47.8 Å². The van der Waals surface area contributed by atoms with E-state index in [1.54, 1.807) is 7.05 Å². The van der Waals surface area contributed by atoms with Crippen LogP contribution in [0.2, 0.25) is 0 Å². The lowest BCUT2D eigenvalue weighted by atomic mass is 10.2. The third-order valence-corrected chi connectivity index (χ3v) is 1.39. The Morgan fingerprint density at radius 1 is 1.55 bits per heavy atom. The summed E-state index contributed by atoms with van der Waals surface area (Å²) in [4.78, 5) is 18.7. The van der Waals surface area contributed by atoms with E-state index in [4.69, 9.17) is 0 Å². The molecule has 0 aliphatic carbocycles. The fourth-order valence-electron chi connectivity index (χ4n) is 0.679. The van der Waals surface area contributed by atoms with Gasteiger partial charge in [0.2, 0.25) is 0 Å². The van der Waals surface area contributed by atoms with E-state index in [1.807, 2.05) is 13.8 Å². The van der Waals surface area contributed by atoms with Crippen LogP contribution in [-0.4, -0.2) is 14.5 Å². The van der Waals surface area contributed by atoms with Gasteiger partial charge >= 0.3 is 5.69 Å². The molecule has 0 saturated heterocycles. The van der Waals surface area contributed by atoms with Gasteiger partial charge < -0.3 is 0 Å². The lowest BCUT2D eigenvalue weighted by Crippen LogP contribution is -2.22. The van der Waals surface area contributed by atoms with Gasteiger partial charge in [-0.3, -0.25) is 4.57 Å². The summed E-state index contributed by atoms with van der Waals surface area (Å²) in [6, 6.07) is 0. The molecule has 1 aromatic heterocycles. The molecule has 0 aliphatic heterocycles. The monoisotopic (exact) mass is 153 g/mol. The van der Waals surface area contributed by atoms with Crippen molar-refractivity contribution in [3.05, 3.63) is 22.6 Å². The summed E-state index contributed by atoms with van der Waals surface area (Å²) >= 11 is 0. The van der Waals surface area contributed by atoms with Crippen molar-refractivity contribution >= 4 is 0 Å². The number of aromatic nitrogens is 3. The summed E-state index contributed by atoms with van der Waals surface area (Å²) in [6.45, 7) is 3.91. The maximum atomic E-state index is 11.0. The highest BCUT2D eigenvalue weighted by atomic mass is 16.1. The summed E-state index contributed by atoms with van der Waals surface area (Å²) in [5.41, 5.74) is -0.247. The Bertz CT molecular complexity index is 303. The van der Waals surface area contributed by atoms with Crippen LogP contribution < -0.4 is 5.69 Å². The van der Waals surface area contributed by atoms with Crippen LogP contribution in [0.3, 0.4) is 0 Å². The van der Waals surface area contributed by atoms with Gasteiger partial charge in [0.25, 0.3) is 0 Å². The maximum absolute atomic E-state index is 11.0. The molecule has 1 aromatic rings. The van der Waals surface area contributed by atoms with Crippen LogP contribution >= 0.6 is 0 Å². The molecule has 0 unspecified atom stereocenters. The zero-order valence-electron chi connectivity index (χ0n) is 6.90. The van der Waals surface area contributed by atoms with Crippen LogP contribution in [0.1, 0.15) is 25.6 Å². The fourth-order valence-corrected chi connectivity index (χ4v) is 0.679. The lowest BCUT2D eigenvalue weighted by Gasteiger charge is -2.01. The maximum Gasteiger partial charge on any atom is 0.350 e. The smallest absolute Gasteiger partial charge is 0.286 e. The van der Waals surface area contributed by atoms with E-state index in [0.717, 1.165) is 0 Å². The lowest BCUT2D eigenvalue weighted by molar-refractivity contribution is 0.688. The molecule has 0 fully saturated rings. The molecule has 0 N–H and O–H groups in total. The average molecular weight is 153 g/mol. The molecule has 4 nitrogen and oxygen atoms in total. The molecule has 0 amide bonds. The van der Waals surface area contributed by atoms with Gasteiger partial charge in [-0.1, -0.05) is 13.8 Å². The Hall–Kier alpha value is -1.19. The minimum absolute atomic E-state index is 0.212. The number of aryl methyl sites for hydroxylation is 1. The SMILES string of the molecule is CC(C)c1ncn(C)c(=O)n1. The molecule has 0 spiro atoms. The van der Waals surface area contributed by atoms with Crippen LogP contribution in [0, 0.1) is 0 Å². The van der Waals surface area contributed by atoms with Crippen molar-refractivity contribution in [2.45, 2.75) is 19.8 Å². The van der Waals surface area contributed by atoms with E-state index in [9.17, 15) is 4.79 Å². The quantitative estimate of drug-likeness (QED) is 0.583. The molecule has 1 rings (SSSR count). The number of rotatable bonds is 1. The first kappa shape index (κ1) is 7.91. The molecular weight excluding hydrogens is 142 g/mol. The van der Waals surface area contributed by atoms with E-state index >= 15 is 0 Å². The zero-order chi connectivity index (χ0) is 8.43. The van der Waals surface area contributed by atoms with Crippen molar-refractivity contribution in [3.8, 4) is 0 Å². The van der Waals surface area contributed by atoms with Crippen LogP contribution in [0.15, 0.2) is 11.1 Å². The molecule has 0 saturated carbocycles. The van der Waals surface area contributed by atoms with Crippen LogP contribution in [0.25, 0.3) is 0 Å². The highest BCUT2D eigenvalue weighted by Gasteiger charge is 2.02. The van der Waals surface area contributed by atoms with Gasteiger partial charge in [0, 0.05) is 13.0 Å². The van der Waals surface area contributed by atoms with E-state index in [0.29, 0.717) is 5.82 Å². The molecule has 60 valence electrons. The number of nitrogens with zero attached hydrogens (tertiary/aromatic N) is 3. The first-order chi connectivity index (χ1) is 5.11. The summed E-state index contributed by atoms with van der Waals surface area (Å²) < 4.78 is 1.35. The van der Waals surface area contributed by atoms with E-state index in [2.05, 4.69) is 9.97 Å². The van der Waals surface area contributed by atoms with E-state index in [1.165, 1.54) is 10.9 Å². The second kappa shape index (κ2) is 2.82. The second-order valence-corrected chi connectivity index (χ2v) is 2.76. The zero-order valence-corrected chi connectivity index (χ0v) is 6.90. The molecule has 1 heterocycles. The normalized spacial score (nSPS) is 10.5. The minimum Gasteiger partial charge on any atom is -0.286 e. The predicted molar refractivity (Wildman–Crippen MR) is 41.4 cm³/mol. The third kappa shape index (κ3) is 1.63. The van der Waals surface area contributed by atoms with Gasteiger partial charge in [-0.05, 0) is 0 Å². The van der Waals surface area contributed by atoms with Gasteiger partial charge in [0.05, 0.1) is 0 Å². The molecule has 0 atom stereocenters. The molecule has 0 aliphatic rings. The number of hydrogen-bond donors (Lipinski definition) is 0. The molecule has 0 bridgehead atoms. The summed E-state index contributed by atoms with van der Waals surface area (Å²) in [5, 5.41) is 0. The van der Waals surface area contributed by atoms with Gasteiger partial charge in [-0.2, -0.15) is 4.98 Å². The second-order valence-electron chi connectivity index (χ2n) is 2.76. The van der Waals surface area contributed by atoms with E-state index < -0.39 is 0 Å². The molecule has 4 heteroatoms. The molecular formula is C7H11N3O. The van der Waals surface area contributed by atoms with Crippen molar-refractivity contribution in [2.75, 3.05) is 0 Å². The Morgan fingerprint density at radius 2 is 2.18 bits per heavy atom. The molecule has 0 radical (unpaired) electrons. The summed E-state index contributed by atoms with van der Waals surface area (Å²) in [5.74, 6) is 0.817. The van der Waals surface area contributed by atoms with Crippen molar-refractivity contribution in [1.82, 2.24) is 14.5 Å². The van der Waals surface area contributed by atoms with Crippen molar-refractivity contribution in [3.63, 3.8) is 0 Å². The first-order valence-electron chi connectivity index (χ1n) is 3.51. The standard InChI is InChI=1S/C7H11N3O/c1-5(2)6-8-4-10(3)7(11)9-6/h4-5H,1-3H3. The summed E-state index contributed by atoms with van der Waals surface area (Å²) in [7, 11) is 1.63. The Morgan fingerprint density at radius 3 is 2.64 bits per heavy atom. The van der Waals surface area contributed by atoms with Crippen LogP contribution in [-0.2, 0) is 7.05 Å². The third-order valence-electron chi connectivity index (χ3n) is 1.39. The first-order valence-corrected chi connectivity index (χ1v) is 3.51. The van der Waals surface area contributed by atoms with Gasteiger partial charge in [-0.25, -0.2) is 9.78 Å². The van der Waals surface area contributed by atoms with Gasteiger partial charge in [0.1, 0.15) is 12.2 Å². The van der Waals surface area contributed by atoms with Crippen molar-refractivity contribution in [2.24, 2.45) is 7.05 Å². The van der Waals surface area contributed by atoms with E-state index in [-0.39, 0.29) is 11.6 Å². The van der Waals surface area contributed by atoms with Gasteiger partial charge in [-0.15, -0.1) is 0 Å². The van der Waals surface area contributed by atoms with Crippen molar-refractivity contribution < 1.29 is 0 Å². The molecule has 0 aromatic carbocycles.